The lowest BCUT2D eigenvalue weighted by Gasteiger charge is -1.97. The van der Waals surface area contributed by atoms with Crippen molar-refractivity contribution in [2.75, 3.05) is 6.61 Å². The quantitative estimate of drug-likeness (QED) is 0.452. The molecule has 0 amide bonds. The van der Waals surface area contributed by atoms with E-state index in [0.717, 1.165) is 19.3 Å². The molecule has 0 aliphatic heterocycles. The average Bonchev–Trinajstić information content (AvgIpc) is 2.26. The van der Waals surface area contributed by atoms with E-state index in [0.29, 0.717) is 0 Å². The van der Waals surface area contributed by atoms with Crippen LogP contribution in [0.15, 0.2) is 0 Å². The van der Waals surface area contributed by atoms with Gasteiger partial charge in [0.15, 0.2) is 0 Å². The van der Waals surface area contributed by atoms with Crippen LogP contribution in [0, 0.1) is 11.8 Å². The predicted molar refractivity (Wildman–Crippen MR) is 66.7 cm³/mol. The van der Waals surface area contributed by atoms with Gasteiger partial charge in [0, 0.05) is 19.4 Å². The van der Waals surface area contributed by atoms with Crippen LogP contribution in [0.4, 0.5) is 0 Å². The van der Waals surface area contributed by atoms with E-state index >= 15 is 0 Å². The Kier molecular flexibility index (Phi) is 13.1. The largest absolute Gasteiger partial charge is 0.396 e. The Balaban J connectivity index is 2.99. The zero-order valence-electron chi connectivity index (χ0n) is 10.2. The molecular weight excluding hydrogens is 184 g/mol. The summed E-state index contributed by atoms with van der Waals surface area (Å²) in [5.74, 6) is 6.25. The monoisotopic (exact) mass is 210 g/mol. The van der Waals surface area contributed by atoms with Crippen LogP contribution in [0.3, 0.4) is 0 Å². The molecule has 0 aromatic rings. The van der Waals surface area contributed by atoms with Gasteiger partial charge >= 0.3 is 0 Å². The molecule has 1 N–H and O–H groups in total. The van der Waals surface area contributed by atoms with Gasteiger partial charge < -0.3 is 5.11 Å². The van der Waals surface area contributed by atoms with Gasteiger partial charge in [-0.3, -0.25) is 0 Å². The second kappa shape index (κ2) is 13.5. The third-order valence-corrected chi connectivity index (χ3v) is 2.49. The van der Waals surface area contributed by atoms with E-state index in [2.05, 4.69) is 18.8 Å². The zero-order chi connectivity index (χ0) is 11.2. The van der Waals surface area contributed by atoms with E-state index in [4.69, 9.17) is 5.11 Å². The Bertz CT molecular complexity index is 164. The molecule has 1 nitrogen and oxygen atoms in total. The molecule has 0 heterocycles. The number of unbranched alkanes of at least 4 members (excludes halogenated alkanes) is 8. The van der Waals surface area contributed by atoms with Gasteiger partial charge in [-0.25, -0.2) is 0 Å². The highest BCUT2D eigenvalue weighted by molar-refractivity contribution is 4.98. The highest BCUT2D eigenvalue weighted by Gasteiger charge is 1.88. The highest BCUT2D eigenvalue weighted by atomic mass is 16.2. The van der Waals surface area contributed by atoms with Gasteiger partial charge in [0.2, 0.25) is 0 Å². The second-order valence-corrected chi connectivity index (χ2v) is 4.05. The maximum atomic E-state index is 8.54. The first-order chi connectivity index (χ1) is 7.41. The molecule has 0 fully saturated rings. The van der Waals surface area contributed by atoms with Gasteiger partial charge in [0.25, 0.3) is 0 Å². The zero-order valence-corrected chi connectivity index (χ0v) is 10.2. The molecule has 0 aliphatic carbocycles. The second-order valence-electron chi connectivity index (χ2n) is 4.05. The lowest BCUT2D eigenvalue weighted by molar-refractivity contribution is 0.290. The van der Waals surface area contributed by atoms with Crippen LogP contribution in [-0.2, 0) is 0 Å². The molecule has 0 radical (unpaired) electrons. The van der Waals surface area contributed by atoms with Crippen LogP contribution in [-0.4, -0.2) is 11.7 Å². The number of aliphatic hydroxyl groups is 1. The maximum Gasteiger partial charge on any atom is 0.0440 e. The van der Waals surface area contributed by atoms with Crippen molar-refractivity contribution in [2.24, 2.45) is 0 Å². The number of hydrogen-bond donors (Lipinski definition) is 1. The number of aliphatic hydroxyl groups excluding tert-OH is 1. The molecular formula is C14H26O. The van der Waals surface area contributed by atoms with Gasteiger partial charge in [0.1, 0.15) is 0 Å². The Morgan fingerprint density at radius 2 is 1.27 bits per heavy atom. The Morgan fingerprint density at radius 1 is 0.733 bits per heavy atom. The summed E-state index contributed by atoms with van der Waals surface area (Å²) in [5.41, 5.74) is 0. The summed E-state index contributed by atoms with van der Waals surface area (Å²) < 4.78 is 0. The third kappa shape index (κ3) is 13.5. The summed E-state index contributed by atoms with van der Waals surface area (Å²) >= 11 is 0. The van der Waals surface area contributed by atoms with Crippen molar-refractivity contribution in [1.29, 1.82) is 0 Å². The number of rotatable bonds is 9. The van der Waals surface area contributed by atoms with Gasteiger partial charge in [0.05, 0.1) is 0 Å². The summed E-state index contributed by atoms with van der Waals surface area (Å²) in [6.07, 6.45) is 12.2. The molecule has 15 heavy (non-hydrogen) atoms. The molecule has 0 spiro atoms. The van der Waals surface area contributed by atoms with E-state index in [1.54, 1.807) is 0 Å². The first-order valence-electron chi connectivity index (χ1n) is 6.48. The fraction of sp³-hybridized carbons (Fsp3) is 0.857. The van der Waals surface area contributed by atoms with Crippen molar-refractivity contribution < 1.29 is 5.11 Å². The summed E-state index contributed by atoms with van der Waals surface area (Å²) in [6.45, 7) is 2.52. The summed E-state index contributed by atoms with van der Waals surface area (Å²) in [7, 11) is 0. The van der Waals surface area contributed by atoms with Crippen molar-refractivity contribution in [2.45, 2.75) is 71.1 Å². The minimum atomic E-state index is 0.270. The van der Waals surface area contributed by atoms with E-state index in [-0.39, 0.29) is 6.61 Å². The van der Waals surface area contributed by atoms with Gasteiger partial charge in [-0.1, -0.05) is 45.4 Å². The van der Waals surface area contributed by atoms with Gasteiger partial charge in [-0.05, 0) is 12.8 Å². The minimum absolute atomic E-state index is 0.270. The molecule has 0 unspecified atom stereocenters. The van der Waals surface area contributed by atoms with Crippen molar-refractivity contribution in [3.05, 3.63) is 0 Å². The van der Waals surface area contributed by atoms with Gasteiger partial charge in [-0.2, -0.15) is 0 Å². The predicted octanol–water partition coefficient (Wildman–Crippen LogP) is 3.90. The molecule has 0 rings (SSSR count). The van der Waals surface area contributed by atoms with Crippen LogP contribution in [0.5, 0.6) is 0 Å². The van der Waals surface area contributed by atoms with E-state index in [1.165, 1.54) is 44.9 Å². The topological polar surface area (TPSA) is 20.2 Å². The highest BCUT2D eigenvalue weighted by Crippen LogP contribution is 2.07. The SMILES string of the molecule is CCCCCCCCCC#CCCCO. The van der Waals surface area contributed by atoms with E-state index in [9.17, 15) is 0 Å². The molecule has 88 valence electrons. The molecule has 0 atom stereocenters. The Hall–Kier alpha value is -0.480. The Morgan fingerprint density at radius 3 is 1.87 bits per heavy atom. The van der Waals surface area contributed by atoms with Crippen molar-refractivity contribution in [1.82, 2.24) is 0 Å². The summed E-state index contributed by atoms with van der Waals surface area (Å²) in [5, 5.41) is 8.54. The van der Waals surface area contributed by atoms with E-state index < -0.39 is 0 Å². The summed E-state index contributed by atoms with van der Waals surface area (Å²) in [4.78, 5) is 0. The fourth-order valence-electron chi connectivity index (χ4n) is 1.51. The molecule has 1 heteroatoms. The first-order valence-corrected chi connectivity index (χ1v) is 6.48. The van der Waals surface area contributed by atoms with Crippen molar-refractivity contribution >= 4 is 0 Å². The lowest BCUT2D eigenvalue weighted by Crippen LogP contribution is -1.80. The lowest BCUT2D eigenvalue weighted by atomic mass is 10.1. The van der Waals surface area contributed by atoms with Crippen LogP contribution < -0.4 is 0 Å². The molecule has 0 aromatic carbocycles. The van der Waals surface area contributed by atoms with Crippen molar-refractivity contribution in [3.8, 4) is 11.8 Å². The summed E-state index contributed by atoms with van der Waals surface area (Å²) in [6, 6.07) is 0. The third-order valence-electron chi connectivity index (χ3n) is 2.49. The van der Waals surface area contributed by atoms with Crippen LogP contribution in [0.1, 0.15) is 71.1 Å². The van der Waals surface area contributed by atoms with Gasteiger partial charge in [-0.15, -0.1) is 11.8 Å². The molecule has 0 bridgehead atoms. The standard InChI is InChI=1S/C14H26O/c1-2-3-4-5-6-7-8-9-10-11-12-13-14-15/h15H,2-9,12-14H2,1H3. The van der Waals surface area contributed by atoms with Crippen LogP contribution in [0.25, 0.3) is 0 Å². The van der Waals surface area contributed by atoms with Crippen LogP contribution in [0.2, 0.25) is 0 Å². The molecule has 0 aromatic heterocycles. The smallest absolute Gasteiger partial charge is 0.0440 e. The maximum absolute atomic E-state index is 8.54. The minimum Gasteiger partial charge on any atom is -0.396 e. The normalized spacial score (nSPS) is 9.73. The molecule has 0 aliphatic rings. The van der Waals surface area contributed by atoms with Crippen LogP contribution >= 0.6 is 0 Å². The first kappa shape index (κ1) is 14.5. The van der Waals surface area contributed by atoms with Crippen molar-refractivity contribution in [3.63, 3.8) is 0 Å². The molecule has 0 saturated carbocycles. The molecule has 0 saturated heterocycles. The number of hydrogen-bond acceptors (Lipinski definition) is 1. The average molecular weight is 210 g/mol. The Labute approximate surface area is 95.3 Å². The fourth-order valence-corrected chi connectivity index (χ4v) is 1.51. The van der Waals surface area contributed by atoms with E-state index in [1.807, 2.05) is 0 Å².